The maximum absolute atomic E-state index is 13.2. The van der Waals surface area contributed by atoms with Crippen molar-refractivity contribution in [2.45, 2.75) is 81.5 Å². The van der Waals surface area contributed by atoms with Crippen molar-refractivity contribution >= 4 is 17.6 Å². The molecule has 26 heavy (non-hydrogen) atoms. The van der Waals surface area contributed by atoms with Crippen LogP contribution in [-0.2, 0) is 9.53 Å². The molecule has 3 unspecified atom stereocenters. The van der Waals surface area contributed by atoms with E-state index in [1.165, 1.54) is 56.1 Å². The zero-order valence-electron chi connectivity index (χ0n) is 16.4. The van der Waals surface area contributed by atoms with Gasteiger partial charge in [0.25, 0.3) is 0 Å². The zero-order valence-corrected chi connectivity index (χ0v) is 17.1. The number of hydrogen-bond acceptors (Lipinski definition) is 2. The third-order valence-electron chi connectivity index (χ3n) is 8.86. The number of carbonyl (C=O) groups excluding carboxylic acids is 1. The van der Waals surface area contributed by atoms with Crippen LogP contribution < -0.4 is 0 Å². The van der Waals surface area contributed by atoms with E-state index in [0.717, 1.165) is 32.1 Å². The molecule has 4 aliphatic carbocycles. The number of ether oxygens (including phenoxy) is 1. The smallest absolute Gasteiger partial charge is 0.312 e. The molecule has 0 aromatic rings. The van der Waals surface area contributed by atoms with E-state index in [-0.39, 0.29) is 16.3 Å². The lowest BCUT2D eigenvalue weighted by Crippen LogP contribution is -2.61. The fourth-order valence-corrected chi connectivity index (χ4v) is 8.85. The first-order valence-electron chi connectivity index (χ1n) is 11.1. The lowest BCUT2D eigenvalue weighted by molar-refractivity contribution is -0.947. The quantitative estimate of drug-likeness (QED) is 0.409. The zero-order chi connectivity index (χ0) is 18.0. The SMILES string of the molecule is C[N+]12CCCC[C@H]1[C@@H](COC(=O)C13C[C@@H]4C[C@@H](CC(Cl)(C4)C1)C3)CCC2. The van der Waals surface area contributed by atoms with E-state index in [9.17, 15) is 4.79 Å². The Balaban J connectivity index is 1.26. The molecule has 3 nitrogen and oxygen atoms in total. The van der Waals surface area contributed by atoms with Crippen LogP contribution in [-0.4, -0.2) is 48.1 Å². The Labute approximate surface area is 163 Å². The number of fused-ring (bicyclic) bond motifs is 1. The van der Waals surface area contributed by atoms with Crippen LogP contribution in [0.5, 0.6) is 0 Å². The maximum atomic E-state index is 13.2. The van der Waals surface area contributed by atoms with Gasteiger partial charge in [-0.1, -0.05) is 0 Å². The van der Waals surface area contributed by atoms with E-state index in [1.54, 1.807) is 0 Å². The standard InChI is InChI=1S/C22H35ClNO2/c1-24-7-3-2-6-19(24)18(5-4-8-24)14-26-20(25)21-10-16-9-17(11-21)13-22(23,12-16)15-21/h16-19H,2-15H2,1H3/q+1/t16-,17+,18-,19+,21?,22?,24?/m1/s1. The molecule has 146 valence electrons. The molecule has 0 spiro atoms. The Kier molecular flexibility index (Phi) is 4.18. The number of carbonyl (C=O) groups is 1. The van der Waals surface area contributed by atoms with Crippen LogP contribution >= 0.6 is 11.6 Å². The van der Waals surface area contributed by atoms with Gasteiger partial charge >= 0.3 is 5.97 Å². The summed E-state index contributed by atoms with van der Waals surface area (Å²) in [6.07, 6.45) is 13.1. The summed E-state index contributed by atoms with van der Waals surface area (Å²) in [5, 5.41) is 0. The van der Waals surface area contributed by atoms with Crippen LogP contribution in [0.3, 0.4) is 0 Å². The number of quaternary nitrogens is 1. The summed E-state index contributed by atoms with van der Waals surface area (Å²) in [5.74, 6) is 1.99. The maximum Gasteiger partial charge on any atom is 0.312 e. The minimum absolute atomic E-state index is 0.104. The average Bonchev–Trinajstić information content (AvgIpc) is 2.56. The second-order valence-electron chi connectivity index (χ2n) is 10.9. The fourth-order valence-electron chi connectivity index (χ4n) is 8.15. The minimum Gasteiger partial charge on any atom is -0.465 e. The highest BCUT2D eigenvalue weighted by atomic mass is 35.5. The Morgan fingerprint density at radius 2 is 1.81 bits per heavy atom. The summed E-state index contributed by atoms with van der Waals surface area (Å²) in [6.45, 7) is 3.29. The molecule has 0 aromatic carbocycles. The van der Waals surface area contributed by atoms with Gasteiger partial charge in [-0.2, -0.15) is 0 Å². The lowest BCUT2D eigenvalue weighted by Gasteiger charge is -2.58. The van der Waals surface area contributed by atoms with Gasteiger partial charge in [0, 0.05) is 17.2 Å². The van der Waals surface area contributed by atoms with Crippen LogP contribution in [0.2, 0.25) is 0 Å². The van der Waals surface area contributed by atoms with E-state index < -0.39 is 0 Å². The molecule has 4 heteroatoms. The van der Waals surface area contributed by atoms with Crippen LogP contribution in [0.15, 0.2) is 0 Å². The summed E-state index contributed by atoms with van der Waals surface area (Å²) in [7, 11) is 2.44. The monoisotopic (exact) mass is 380 g/mol. The molecule has 6 fully saturated rings. The number of alkyl halides is 1. The van der Waals surface area contributed by atoms with Gasteiger partial charge in [-0.3, -0.25) is 4.79 Å². The molecule has 2 saturated heterocycles. The van der Waals surface area contributed by atoms with Gasteiger partial charge in [-0.15, -0.1) is 11.6 Å². The van der Waals surface area contributed by atoms with E-state index in [1.807, 2.05) is 0 Å². The first-order chi connectivity index (χ1) is 12.4. The van der Waals surface area contributed by atoms with Crippen molar-refractivity contribution in [2.75, 3.05) is 26.7 Å². The Bertz CT molecular complexity index is 575. The third kappa shape index (κ3) is 2.83. The first kappa shape index (κ1) is 17.8. The van der Waals surface area contributed by atoms with E-state index in [4.69, 9.17) is 16.3 Å². The lowest BCUT2D eigenvalue weighted by atomic mass is 9.49. The molecule has 7 atom stereocenters. The molecule has 2 aliphatic heterocycles. The summed E-state index contributed by atoms with van der Waals surface area (Å²) >= 11 is 6.91. The van der Waals surface area contributed by atoms with Crippen molar-refractivity contribution in [2.24, 2.45) is 23.2 Å². The number of halogens is 1. The number of rotatable bonds is 3. The number of hydrogen-bond donors (Lipinski definition) is 0. The second-order valence-corrected chi connectivity index (χ2v) is 11.7. The van der Waals surface area contributed by atoms with Crippen molar-refractivity contribution in [1.29, 1.82) is 0 Å². The van der Waals surface area contributed by atoms with E-state index in [2.05, 4.69) is 7.05 Å². The number of nitrogens with zero attached hydrogens (tertiary/aromatic N) is 1. The van der Waals surface area contributed by atoms with Gasteiger partial charge in [0.2, 0.25) is 0 Å². The third-order valence-corrected chi connectivity index (χ3v) is 9.30. The largest absolute Gasteiger partial charge is 0.465 e. The van der Waals surface area contributed by atoms with Crippen LogP contribution in [0.1, 0.15) is 70.6 Å². The predicted molar refractivity (Wildman–Crippen MR) is 103 cm³/mol. The van der Waals surface area contributed by atoms with Crippen molar-refractivity contribution in [3.63, 3.8) is 0 Å². The van der Waals surface area contributed by atoms with Crippen LogP contribution in [0, 0.1) is 23.2 Å². The molecular formula is C22H35ClNO2+. The summed E-state index contributed by atoms with van der Waals surface area (Å²) in [4.78, 5) is 13.1. The molecular weight excluding hydrogens is 346 g/mol. The molecule has 6 aliphatic rings. The summed E-state index contributed by atoms with van der Waals surface area (Å²) in [6, 6.07) is 0.709. The Morgan fingerprint density at radius 3 is 2.54 bits per heavy atom. The van der Waals surface area contributed by atoms with Crippen molar-refractivity contribution < 1.29 is 14.0 Å². The number of piperidine rings is 2. The molecule has 0 N–H and O–H groups in total. The van der Waals surface area contributed by atoms with E-state index >= 15 is 0 Å². The molecule has 4 saturated carbocycles. The topological polar surface area (TPSA) is 26.3 Å². The van der Waals surface area contributed by atoms with Gasteiger partial charge in [0.1, 0.15) is 0 Å². The molecule has 6 rings (SSSR count). The number of esters is 1. The van der Waals surface area contributed by atoms with Gasteiger partial charge in [0.05, 0.1) is 38.2 Å². The molecule has 0 radical (unpaired) electrons. The molecule has 0 aromatic heterocycles. The highest BCUT2D eigenvalue weighted by Gasteiger charge is 2.61. The normalized spacial score (nSPS) is 52.5. The van der Waals surface area contributed by atoms with Gasteiger partial charge in [0.15, 0.2) is 0 Å². The highest BCUT2D eigenvalue weighted by Crippen LogP contribution is 2.64. The minimum atomic E-state index is -0.245. The molecule has 0 amide bonds. The highest BCUT2D eigenvalue weighted by molar-refractivity contribution is 6.24. The second kappa shape index (κ2) is 6.11. The summed E-state index contributed by atoms with van der Waals surface area (Å²) < 4.78 is 7.32. The van der Waals surface area contributed by atoms with Crippen LogP contribution in [0.4, 0.5) is 0 Å². The van der Waals surface area contributed by atoms with Crippen molar-refractivity contribution in [3.8, 4) is 0 Å². The predicted octanol–water partition coefficient (Wildman–Crippen LogP) is 4.52. The Hall–Kier alpha value is -0.280. The van der Waals surface area contributed by atoms with Gasteiger partial charge in [-0.25, -0.2) is 0 Å². The van der Waals surface area contributed by atoms with Gasteiger partial charge in [-0.05, 0) is 76.0 Å². The van der Waals surface area contributed by atoms with Gasteiger partial charge < -0.3 is 9.22 Å². The van der Waals surface area contributed by atoms with Crippen molar-refractivity contribution in [3.05, 3.63) is 0 Å². The van der Waals surface area contributed by atoms with E-state index in [0.29, 0.717) is 30.4 Å². The average molecular weight is 381 g/mol. The molecule has 4 bridgehead atoms. The fraction of sp³-hybridized carbons (Fsp3) is 0.955. The Morgan fingerprint density at radius 1 is 1.08 bits per heavy atom. The first-order valence-corrected chi connectivity index (χ1v) is 11.5. The van der Waals surface area contributed by atoms with Crippen LogP contribution in [0.25, 0.3) is 0 Å². The molecule has 2 heterocycles. The van der Waals surface area contributed by atoms with Crippen molar-refractivity contribution in [1.82, 2.24) is 0 Å². The summed E-state index contributed by atoms with van der Waals surface area (Å²) in [5.41, 5.74) is -0.245.